The molecule has 1 unspecified atom stereocenters. The van der Waals surface area contributed by atoms with Crippen LogP contribution in [0.5, 0.6) is 0 Å². The molecule has 1 aromatic heterocycles. The third-order valence-corrected chi connectivity index (χ3v) is 6.29. The molecule has 0 aliphatic carbocycles. The molecule has 2 aliphatic rings. The van der Waals surface area contributed by atoms with Crippen LogP contribution in [0.2, 0.25) is 0 Å². The van der Waals surface area contributed by atoms with E-state index in [-0.39, 0.29) is 0 Å². The molecule has 0 bridgehead atoms. The standard InChI is InChI=1S/C17H27BrN4OS/c1-2-19-17(20-7-5-15-3-4-16(18)24-15)22-8-6-14(13-22)21-9-11-23-12-10-21/h3-4,14H,2,5-13H2,1H3,(H,19,20). The lowest BCUT2D eigenvalue weighted by molar-refractivity contribution is 0.0195. The van der Waals surface area contributed by atoms with E-state index in [1.165, 1.54) is 15.1 Å². The smallest absolute Gasteiger partial charge is 0.193 e. The van der Waals surface area contributed by atoms with Gasteiger partial charge in [-0.05, 0) is 41.4 Å². The molecule has 0 amide bonds. The van der Waals surface area contributed by atoms with Crippen molar-refractivity contribution in [1.82, 2.24) is 15.1 Å². The van der Waals surface area contributed by atoms with E-state index in [9.17, 15) is 0 Å². The minimum absolute atomic E-state index is 0.644. The summed E-state index contributed by atoms with van der Waals surface area (Å²) in [5.41, 5.74) is 0. The highest BCUT2D eigenvalue weighted by Gasteiger charge is 2.30. The van der Waals surface area contributed by atoms with Crippen LogP contribution in [0.25, 0.3) is 0 Å². The van der Waals surface area contributed by atoms with Crippen molar-refractivity contribution in [2.24, 2.45) is 4.99 Å². The van der Waals surface area contributed by atoms with E-state index in [0.717, 1.165) is 64.9 Å². The molecule has 24 heavy (non-hydrogen) atoms. The first-order valence-corrected chi connectivity index (χ1v) is 10.5. The number of likely N-dealkylation sites (tertiary alicyclic amines) is 1. The minimum Gasteiger partial charge on any atom is -0.379 e. The van der Waals surface area contributed by atoms with E-state index >= 15 is 0 Å². The van der Waals surface area contributed by atoms with Gasteiger partial charge in [0.15, 0.2) is 5.96 Å². The number of nitrogens with one attached hydrogen (secondary N) is 1. The topological polar surface area (TPSA) is 40.1 Å². The number of thiophene rings is 1. The zero-order chi connectivity index (χ0) is 16.8. The fourth-order valence-electron chi connectivity index (χ4n) is 3.36. The van der Waals surface area contributed by atoms with Gasteiger partial charge >= 0.3 is 0 Å². The normalized spacial score (nSPS) is 23.0. The second kappa shape index (κ2) is 9.17. The van der Waals surface area contributed by atoms with E-state index in [1.807, 2.05) is 0 Å². The van der Waals surface area contributed by atoms with Crippen LogP contribution in [-0.2, 0) is 11.2 Å². The Hall–Kier alpha value is -0.630. The molecule has 0 aromatic carbocycles. The molecule has 1 N–H and O–H groups in total. The van der Waals surface area contributed by atoms with Crippen molar-refractivity contribution in [1.29, 1.82) is 0 Å². The van der Waals surface area contributed by atoms with Crippen molar-refractivity contribution >= 4 is 33.2 Å². The van der Waals surface area contributed by atoms with Gasteiger partial charge in [-0.2, -0.15) is 0 Å². The lowest BCUT2D eigenvalue weighted by Gasteiger charge is -2.32. The van der Waals surface area contributed by atoms with Crippen LogP contribution < -0.4 is 5.32 Å². The van der Waals surface area contributed by atoms with Crippen molar-refractivity contribution in [3.05, 3.63) is 20.8 Å². The number of hydrogen-bond donors (Lipinski definition) is 1. The predicted octanol–water partition coefficient (Wildman–Crippen LogP) is 2.43. The summed E-state index contributed by atoms with van der Waals surface area (Å²) in [5.74, 6) is 1.07. The van der Waals surface area contributed by atoms with Gasteiger partial charge < -0.3 is 15.0 Å². The molecule has 2 saturated heterocycles. The molecule has 0 saturated carbocycles. The van der Waals surface area contributed by atoms with Gasteiger partial charge in [-0.25, -0.2) is 0 Å². The molecule has 2 fully saturated rings. The first-order valence-electron chi connectivity index (χ1n) is 8.85. The van der Waals surface area contributed by atoms with E-state index in [2.05, 4.69) is 50.1 Å². The maximum absolute atomic E-state index is 5.48. The SMILES string of the molecule is CCNC(=NCCc1ccc(Br)s1)N1CCC(N2CCOCC2)C1. The highest BCUT2D eigenvalue weighted by atomic mass is 79.9. The first-order chi connectivity index (χ1) is 11.8. The van der Waals surface area contributed by atoms with Crippen molar-refractivity contribution in [3.8, 4) is 0 Å². The number of aliphatic imine (C=N–C) groups is 1. The molecule has 7 heteroatoms. The highest BCUT2D eigenvalue weighted by Crippen LogP contribution is 2.22. The summed E-state index contributed by atoms with van der Waals surface area (Å²) >= 11 is 5.32. The minimum atomic E-state index is 0.644. The summed E-state index contributed by atoms with van der Waals surface area (Å²) in [4.78, 5) is 11.2. The number of hydrogen-bond acceptors (Lipinski definition) is 4. The lowest BCUT2D eigenvalue weighted by atomic mass is 10.2. The van der Waals surface area contributed by atoms with Gasteiger partial charge in [0, 0.05) is 56.6 Å². The molecular weight excluding hydrogens is 388 g/mol. The number of nitrogens with zero attached hydrogens (tertiary/aromatic N) is 3. The Morgan fingerprint density at radius 1 is 1.38 bits per heavy atom. The molecule has 134 valence electrons. The van der Waals surface area contributed by atoms with Gasteiger partial charge in [0.25, 0.3) is 0 Å². The van der Waals surface area contributed by atoms with E-state index in [1.54, 1.807) is 11.3 Å². The van der Waals surface area contributed by atoms with E-state index in [4.69, 9.17) is 9.73 Å². The molecular formula is C17H27BrN4OS. The van der Waals surface area contributed by atoms with Gasteiger partial charge in [-0.15, -0.1) is 11.3 Å². The van der Waals surface area contributed by atoms with Gasteiger partial charge in [-0.1, -0.05) is 0 Å². The summed E-state index contributed by atoms with van der Waals surface area (Å²) in [5, 5.41) is 3.47. The van der Waals surface area contributed by atoms with Crippen LogP contribution >= 0.6 is 27.3 Å². The fourth-order valence-corrected chi connectivity index (χ4v) is 4.83. The summed E-state index contributed by atoms with van der Waals surface area (Å²) in [6.07, 6.45) is 2.23. The average molecular weight is 415 g/mol. The van der Waals surface area contributed by atoms with Gasteiger partial charge in [-0.3, -0.25) is 9.89 Å². The van der Waals surface area contributed by atoms with E-state index < -0.39 is 0 Å². The molecule has 5 nitrogen and oxygen atoms in total. The number of rotatable bonds is 5. The fraction of sp³-hybridized carbons (Fsp3) is 0.706. The Morgan fingerprint density at radius 2 is 2.21 bits per heavy atom. The third kappa shape index (κ3) is 4.94. The monoisotopic (exact) mass is 414 g/mol. The number of halogens is 1. The van der Waals surface area contributed by atoms with E-state index in [0.29, 0.717) is 6.04 Å². The Morgan fingerprint density at radius 3 is 2.92 bits per heavy atom. The van der Waals surface area contributed by atoms with Crippen LogP contribution in [-0.4, -0.2) is 74.3 Å². The van der Waals surface area contributed by atoms with Crippen LogP contribution in [0.1, 0.15) is 18.2 Å². The summed E-state index contributed by atoms with van der Waals surface area (Å²) in [7, 11) is 0. The first kappa shape index (κ1) is 18.2. The Balaban J connectivity index is 1.53. The molecule has 2 aliphatic heterocycles. The Bertz CT molecular complexity index is 544. The highest BCUT2D eigenvalue weighted by molar-refractivity contribution is 9.11. The zero-order valence-corrected chi connectivity index (χ0v) is 16.7. The predicted molar refractivity (Wildman–Crippen MR) is 104 cm³/mol. The number of ether oxygens (including phenoxy) is 1. The largest absolute Gasteiger partial charge is 0.379 e. The zero-order valence-electron chi connectivity index (χ0n) is 14.3. The summed E-state index contributed by atoms with van der Waals surface area (Å²) < 4.78 is 6.67. The summed E-state index contributed by atoms with van der Waals surface area (Å²) in [6, 6.07) is 4.94. The molecule has 1 atom stereocenters. The molecule has 3 heterocycles. The summed E-state index contributed by atoms with van der Waals surface area (Å²) in [6.45, 7) is 9.97. The van der Waals surface area contributed by atoms with Crippen molar-refractivity contribution in [2.75, 3.05) is 52.5 Å². The van der Waals surface area contributed by atoms with Gasteiger partial charge in [0.1, 0.15) is 0 Å². The number of guanidine groups is 1. The second-order valence-electron chi connectivity index (χ2n) is 6.23. The van der Waals surface area contributed by atoms with Crippen LogP contribution in [0.15, 0.2) is 20.9 Å². The molecule has 1 aromatic rings. The Labute approximate surface area is 157 Å². The maximum atomic E-state index is 5.48. The van der Waals surface area contributed by atoms with Crippen LogP contribution in [0.4, 0.5) is 0 Å². The van der Waals surface area contributed by atoms with Crippen molar-refractivity contribution < 1.29 is 4.74 Å². The number of morpholine rings is 1. The molecule has 0 spiro atoms. The van der Waals surface area contributed by atoms with Crippen molar-refractivity contribution in [2.45, 2.75) is 25.8 Å². The molecule has 0 radical (unpaired) electrons. The third-order valence-electron chi connectivity index (χ3n) is 4.61. The second-order valence-corrected chi connectivity index (χ2v) is 8.78. The average Bonchev–Trinajstić information content (AvgIpc) is 3.24. The van der Waals surface area contributed by atoms with Crippen LogP contribution in [0.3, 0.4) is 0 Å². The molecule has 3 rings (SSSR count). The maximum Gasteiger partial charge on any atom is 0.193 e. The lowest BCUT2D eigenvalue weighted by Crippen LogP contribution is -2.46. The quantitative estimate of drug-likeness (QED) is 0.593. The van der Waals surface area contributed by atoms with Crippen LogP contribution in [0, 0.1) is 0 Å². The van der Waals surface area contributed by atoms with Gasteiger partial charge in [0.2, 0.25) is 0 Å². The van der Waals surface area contributed by atoms with Gasteiger partial charge in [0.05, 0.1) is 17.0 Å². The van der Waals surface area contributed by atoms with Crippen molar-refractivity contribution in [3.63, 3.8) is 0 Å². The Kier molecular flexibility index (Phi) is 6.95.